The molecular weight excluding hydrogens is 341 g/mol. The zero-order chi connectivity index (χ0) is 19.0. The van der Waals surface area contributed by atoms with Gasteiger partial charge in [0, 0.05) is 0 Å². The van der Waals surface area contributed by atoms with Crippen LogP contribution in [0.5, 0.6) is 0 Å². The fraction of sp³-hybridized carbons (Fsp3) is 0.333. The predicted octanol–water partition coefficient (Wildman–Crippen LogP) is 1.62. The van der Waals surface area contributed by atoms with Gasteiger partial charge in [0.1, 0.15) is 12.1 Å². The van der Waals surface area contributed by atoms with E-state index in [1.54, 1.807) is 6.07 Å². The van der Waals surface area contributed by atoms with E-state index in [4.69, 9.17) is 10.5 Å². The molecule has 1 heterocycles. The summed E-state index contributed by atoms with van der Waals surface area (Å²) in [5.74, 6) is -0.965. The molecule has 1 fully saturated rings. The van der Waals surface area contributed by atoms with Crippen molar-refractivity contribution in [3.8, 4) is 12.1 Å². The van der Waals surface area contributed by atoms with Gasteiger partial charge < -0.3 is 5.11 Å². The van der Waals surface area contributed by atoms with E-state index in [9.17, 15) is 27.9 Å². The van der Waals surface area contributed by atoms with E-state index < -0.39 is 53.6 Å². The van der Waals surface area contributed by atoms with Crippen molar-refractivity contribution >= 4 is 17.6 Å². The van der Waals surface area contributed by atoms with Crippen LogP contribution in [-0.2, 0) is 11.0 Å². The molecule has 25 heavy (non-hydrogen) atoms. The van der Waals surface area contributed by atoms with Crippen molar-refractivity contribution in [1.82, 2.24) is 4.90 Å². The van der Waals surface area contributed by atoms with Gasteiger partial charge in [0.2, 0.25) is 0 Å². The van der Waals surface area contributed by atoms with Gasteiger partial charge in [-0.2, -0.15) is 23.7 Å². The monoisotopic (exact) mass is 352 g/mol. The van der Waals surface area contributed by atoms with Crippen molar-refractivity contribution in [3.05, 3.63) is 29.3 Å². The number of carbonyl (C=O) groups excluding carboxylic acids is 2. The van der Waals surface area contributed by atoms with Crippen LogP contribution >= 0.6 is 0 Å². The Bertz CT molecular complexity index is 825. The fourth-order valence-corrected chi connectivity index (χ4v) is 2.47. The largest absolute Gasteiger partial charge is 0.417 e. The molecule has 0 radical (unpaired) electrons. The highest BCUT2D eigenvalue weighted by atomic mass is 19.4. The van der Waals surface area contributed by atoms with Crippen molar-refractivity contribution in [2.45, 2.75) is 18.6 Å². The van der Waals surface area contributed by atoms with Crippen LogP contribution in [0.1, 0.15) is 18.1 Å². The molecule has 1 aromatic carbocycles. The third-order valence-electron chi connectivity index (χ3n) is 3.91. The Morgan fingerprint density at radius 2 is 1.92 bits per heavy atom. The van der Waals surface area contributed by atoms with E-state index in [0.29, 0.717) is 11.0 Å². The van der Waals surface area contributed by atoms with Crippen LogP contribution in [0.3, 0.4) is 0 Å². The molecule has 1 N–H and O–H groups in total. The summed E-state index contributed by atoms with van der Waals surface area (Å²) in [7, 11) is 0. The second kappa shape index (κ2) is 6.07. The van der Waals surface area contributed by atoms with Gasteiger partial charge in [-0.05, 0) is 25.1 Å². The summed E-state index contributed by atoms with van der Waals surface area (Å²) >= 11 is 0. The molecular formula is C15H11F3N4O3. The summed E-state index contributed by atoms with van der Waals surface area (Å²) in [4.78, 5) is 26.2. The zero-order valence-electron chi connectivity index (χ0n) is 12.8. The number of hydrogen-bond donors (Lipinski definition) is 1. The summed E-state index contributed by atoms with van der Waals surface area (Å²) in [5, 5.41) is 27.1. The fourth-order valence-electron chi connectivity index (χ4n) is 2.47. The SMILES string of the molecule is CC1(CO)C(=O)N(c2ccc(C#N)c(C(F)(F)F)c2)C(=O)N1CC#N. The highest BCUT2D eigenvalue weighted by Gasteiger charge is 2.54. The normalized spacial score (nSPS) is 20.6. The van der Waals surface area contributed by atoms with E-state index in [2.05, 4.69) is 0 Å². The number of nitriles is 2. The molecule has 1 saturated heterocycles. The van der Waals surface area contributed by atoms with Crippen LogP contribution in [0.2, 0.25) is 0 Å². The number of anilines is 1. The van der Waals surface area contributed by atoms with Crippen LogP contribution in [-0.4, -0.2) is 40.6 Å². The number of carbonyl (C=O) groups is 2. The summed E-state index contributed by atoms with van der Waals surface area (Å²) in [6.45, 7) is -0.127. The van der Waals surface area contributed by atoms with Crippen molar-refractivity contribution in [3.63, 3.8) is 0 Å². The topological polar surface area (TPSA) is 108 Å². The Morgan fingerprint density at radius 1 is 1.28 bits per heavy atom. The first-order valence-electron chi connectivity index (χ1n) is 6.87. The molecule has 1 aliphatic heterocycles. The Labute approximate surface area is 140 Å². The van der Waals surface area contributed by atoms with E-state index in [1.807, 2.05) is 0 Å². The minimum atomic E-state index is -4.86. The quantitative estimate of drug-likeness (QED) is 0.657. The number of halogens is 3. The molecule has 0 bridgehead atoms. The molecule has 1 unspecified atom stereocenters. The highest BCUT2D eigenvalue weighted by molar-refractivity contribution is 6.23. The number of aliphatic hydroxyl groups excluding tert-OH is 1. The average molecular weight is 352 g/mol. The smallest absolute Gasteiger partial charge is 0.393 e. The van der Waals surface area contributed by atoms with Gasteiger partial charge in [0.05, 0.1) is 35.6 Å². The van der Waals surface area contributed by atoms with Crippen molar-refractivity contribution in [2.24, 2.45) is 0 Å². The summed E-state index contributed by atoms with van der Waals surface area (Å²) < 4.78 is 39.2. The van der Waals surface area contributed by atoms with Crippen molar-refractivity contribution in [1.29, 1.82) is 10.5 Å². The number of hydrogen-bond acceptors (Lipinski definition) is 5. The molecule has 3 amide bonds. The Kier molecular flexibility index (Phi) is 4.43. The number of aliphatic hydroxyl groups is 1. The lowest BCUT2D eigenvalue weighted by atomic mass is 10.0. The maximum Gasteiger partial charge on any atom is 0.417 e. The number of urea groups is 1. The van der Waals surface area contributed by atoms with Crippen LogP contribution in [0.4, 0.5) is 23.7 Å². The number of amides is 3. The molecule has 130 valence electrons. The molecule has 0 saturated carbocycles. The van der Waals surface area contributed by atoms with Gasteiger partial charge in [-0.1, -0.05) is 0 Å². The second-order valence-electron chi connectivity index (χ2n) is 5.44. The van der Waals surface area contributed by atoms with E-state index in [-0.39, 0.29) is 0 Å². The lowest BCUT2D eigenvalue weighted by molar-refractivity contribution is -0.137. The first kappa shape index (κ1) is 18.2. The predicted molar refractivity (Wildman–Crippen MR) is 76.9 cm³/mol. The molecule has 0 aromatic heterocycles. The summed E-state index contributed by atoms with van der Waals surface area (Å²) in [5.41, 5.74) is -4.12. The number of alkyl halides is 3. The average Bonchev–Trinajstić information content (AvgIpc) is 2.75. The first-order valence-corrected chi connectivity index (χ1v) is 6.87. The Hall–Kier alpha value is -3.11. The third kappa shape index (κ3) is 2.77. The summed E-state index contributed by atoms with van der Waals surface area (Å²) in [6, 6.07) is 4.43. The van der Waals surface area contributed by atoms with Crippen LogP contribution in [0.15, 0.2) is 18.2 Å². The molecule has 1 atom stereocenters. The Balaban J connectivity index is 2.60. The van der Waals surface area contributed by atoms with E-state index in [0.717, 1.165) is 17.0 Å². The van der Waals surface area contributed by atoms with Gasteiger partial charge in [-0.25, -0.2) is 9.69 Å². The summed E-state index contributed by atoms with van der Waals surface area (Å²) in [6.07, 6.45) is -4.86. The lowest BCUT2D eigenvalue weighted by Gasteiger charge is -2.27. The Morgan fingerprint density at radius 3 is 2.40 bits per heavy atom. The van der Waals surface area contributed by atoms with Gasteiger partial charge in [0.25, 0.3) is 5.91 Å². The van der Waals surface area contributed by atoms with Gasteiger partial charge in [-0.3, -0.25) is 9.69 Å². The van der Waals surface area contributed by atoms with Crippen molar-refractivity contribution < 1.29 is 27.9 Å². The van der Waals surface area contributed by atoms with Crippen LogP contribution in [0.25, 0.3) is 0 Å². The number of rotatable bonds is 3. The van der Waals surface area contributed by atoms with Gasteiger partial charge >= 0.3 is 12.2 Å². The first-order chi connectivity index (χ1) is 11.6. The third-order valence-corrected chi connectivity index (χ3v) is 3.91. The minimum absolute atomic E-state index is 0.401. The number of benzene rings is 1. The maximum atomic E-state index is 13.1. The zero-order valence-corrected chi connectivity index (χ0v) is 12.8. The van der Waals surface area contributed by atoms with E-state index in [1.165, 1.54) is 13.0 Å². The maximum absolute atomic E-state index is 13.1. The molecule has 2 rings (SSSR count). The minimum Gasteiger partial charge on any atom is -0.393 e. The molecule has 1 aromatic rings. The molecule has 0 spiro atoms. The van der Waals surface area contributed by atoms with Crippen molar-refractivity contribution in [2.75, 3.05) is 18.1 Å². The number of nitrogens with zero attached hydrogens (tertiary/aromatic N) is 4. The molecule has 1 aliphatic rings. The second-order valence-corrected chi connectivity index (χ2v) is 5.44. The van der Waals surface area contributed by atoms with E-state index >= 15 is 0 Å². The van der Waals surface area contributed by atoms with Gasteiger partial charge in [-0.15, -0.1) is 0 Å². The lowest BCUT2D eigenvalue weighted by Crippen LogP contribution is -2.50. The molecule has 7 nitrogen and oxygen atoms in total. The highest BCUT2D eigenvalue weighted by Crippen LogP contribution is 2.37. The molecule has 0 aliphatic carbocycles. The number of imide groups is 1. The van der Waals surface area contributed by atoms with Crippen LogP contribution in [0, 0.1) is 22.7 Å². The van der Waals surface area contributed by atoms with Gasteiger partial charge in [0.15, 0.2) is 0 Å². The molecule has 10 heteroatoms. The van der Waals surface area contributed by atoms with Crippen LogP contribution < -0.4 is 4.90 Å². The standard InChI is InChI=1S/C15H11F3N4O3/c1-14(8-23)12(24)22(13(25)21(14)5-4-19)10-3-2-9(7-20)11(6-10)15(16,17)18/h2-3,6,23H,5,8H2,1H3.